The Morgan fingerprint density at radius 3 is 2.81 bits per heavy atom. The molecule has 2 amide bonds. The van der Waals surface area contributed by atoms with Gasteiger partial charge in [0.2, 0.25) is 5.91 Å². The molecule has 1 atom stereocenters. The molecule has 1 aliphatic heterocycles. The van der Waals surface area contributed by atoms with E-state index in [9.17, 15) is 9.59 Å². The number of carbonyl (C=O) groups is 2. The molecule has 0 bridgehead atoms. The van der Waals surface area contributed by atoms with Crippen LogP contribution in [-0.2, 0) is 4.79 Å². The highest BCUT2D eigenvalue weighted by molar-refractivity contribution is 5.98. The van der Waals surface area contributed by atoms with E-state index >= 15 is 0 Å². The second-order valence-corrected chi connectivity index (χ2v) is 5.28. The van der Waals surface area contributed by atoms with Gasteiger partial charge in [-0.15, -0.1) is 0 Å². The topological polar surface area (TPSA) is 64.7 Å². The van der Waals surface area contributed by atoms with Crippen molar-refractivity contribution in [1.82, 2.24) is 15.5 Å². The molecule has 1 fully saturated rings. The maximum absolute atomic E-state index is 12.7. The average molecular weight is 290 g/mol. The van der Waals surface area contributed by atoms with Gasteiger partial charge in [0.15, 0.2) is 0 Å². The van der Waals surface area contributed by atoms with Crippen molar-refractivity contribution < 1.29 is 9.59 Å². The molecule has 21 heavy (non-hydrogen) atoms. The number of nitrogens with zero attached hydrogens (tertiary/aromatic N) is 2. The maximum Gasteiger partial charge on any atom is 0.254 e. The van der Waals surface area contributed by atoms with Gasteiger partial charge >= 0.3 is 0 Å². The lowest BCUT2D eigenvalue weighted by Gasteiger charge is -2.35. The molecule has 0 saturated carbocycles. The van der Waals surface area contributed by atoms with Gasteiger partial charge in [0.05, 0.1) is 0 Å². The number of rotatable bonds is 3. The first kappa shape index (κ1) is 15.3. The number of benzene rings is 1. The van der Waals surface area contributed by atoms with Gasteiger partial charge < -0.3 is 20.4 Å². The average Bonchev–Trinajstić information content (AvgIpc) is 2.53. The first-order valence-electron chi connectivity index (χ1n) is 7.05. The number of likely N-dealkylation sites (N-methyl/N-ethyl adjacent to an activating group) is 1. The fourth-order valence-electron chi connectivity index (χ4n) is 2.43. The SMILES string of the molecule is CNC(=O)C1CNCCN1C(=O)c1cccc(N(C)C)c1. The van der Waals surface area contributed by atoms with Crippen LogP contribution < -0.4 is 15.5 Å². The summed E-state index contributed by atoms with van der Waals surface area (Å²) in [6.45, 7) is 1.72. The van der Waals surface area contributed by atoms with E-state index in [0.29, 0.717) is 25.2 Å². The molecule has 1 saturated heterocycles. The summed E-state index contributed by atoms with van der Waals surface area (Å²) in [6, 6.07) is 6.99. The fourth-order valence-corrected chi connectivity index (χ4v) is 2.43. The Balaban J connectivity index is 2.24. The normalized spacial score (nSPS) is 18.2. The summed E-state index contributed by atoms with van der Waals surface area (Å²) in [6.07, 6.45) is 0. The number of nitrogens with one attached hydrogen (secondary N) is 2. The van der Waals surface area contributed by atoms with E-state index in [4.69, 9.17) is 0 Å². The van der Waals surface area contributed by atoms with Crippen molar-refractivity contribution in [2.45, 2.75) is 6.04 Å². The third kappa shape index (κ3) is 3.33. The zero-order valence-electron chi connectivity index (χ0n) is 12.7. The predicted octanol–water partition coefficient (Wildman–Crippen LogP) is -0.0874. The summed E-state index contributed by atoms with van der Waals surface area (Å²) in [5.74, 6) is -0.242. The fraction of sp³-hybridized carbons (Fsp3) is 0.467. The second kappa shape index (κ2) is 6.58. The Morgan fingerprint density at radius 2 is 2.14 bits per heavy atom. The Kier molecular flexibility index (Phi) is 4.80. The first-order valence-corrected chi connectivity index (χ1v) is 7.05. The number of hydrogen-bond acceptors (Lipinski definition) is 4. The van der Waals surface area contributed by atoms with E-state index in [1.54, 1.807) is 18.0 Å². The van der Waals surface area contributed by atoms with Crippen molar-refractivity contribution in [3.05, 3.63) is 29.8 Å². The molecule has 114 valence electrons. The van der Waals surface area contributed by atoms with Crippen LogP contribution >= 0.6 is 0 Å². The van der Waals surface area contributed by atoms with Crippen LogP contribution in [0.15, 0.2) is 24.3 Å². The summed E-state index contributed by atoms with van der Waals surface area (Å²) in [7, 11) is 5.45. The third-order valence-electron chi connectivity index (χ3n) is 3.66. The molecule has 6 nitrogen and oxygen atoms in total. The van der Waals surface area contributed by atoms with Crippen molar-refractivity contribution in [1.29, 1.82) is 0 Å². The zero-order chi connectivity index (χ0) is 15.4. The van der Waals surface area contributed by atoms with Crippen LogP contribution in [0.1, 0.15) is 10.4 Å². The molecule has 1 aromatic carbocycles. The van der Waals surface area contributed by atoms with Crippen LogP contribution in [0.25, 0.3) is 0 Å². The van der Waals surface area contributed by atoms with Gasteiger partial charge in [0, 0.05) is 52.0 Å². The summed E-state index contributed by atoms with van der Waals surface area (Å²) in [5.41, 5.74) is 1.57. The van der Waals surface area contributed by atoms with Gasteiger partial charge in [-0.25, -0.2) is 0 Å². The smallest absolute Gasteiger partial charge is 0.254 e. The van der Waals surface area contributed by atoms with E-state index < -0.39 is 6.04 Å². The molecule has 1 unspecified atom stereocenters. The monoisotopic (exact) mass is 290 g/mol. The quantitative estimate of drug-likeness (QED) is 0.817. The standard InChI is InChI=1S/C15H22N4O2/c1-16-14(20)13-10-17-7-8-19(13)15(21)11-5-4-6-12(9-11)18(2)3/h4-6,9,13,17H,7-8,10H2,1-3H3,(H,16,20). The maximum atomic E-state index is 12.7. The van der Waals surface area contributed by atoms with Crippen molar-refractivity contribution in [2.24, 2.45) is 0 Å². The number of hydrogen-bond donors (Lipinski definition) is 2. The van der Waals surface area contributed by atoms with Crippen molar-refractivity contribution in [3.63, 3.8) is 0 Å². The molecular formula is C15H22N4O2. The summed E-state index contributed by atoms with van der Waals surface area (Å²) >= 11 is 0. The highest BCUT2D eigenvalue weighted by atomic mass is 16.2. The van der Waals surface area contributed by atoms with E-state index in [2.05, 4.69) is 10.6 Å². The molecule has 0 radical (unpaired) electrons. The summed E-state index contributed by atoms with van der Waals surface area (Å²) in [4.78, 5) is 28.2. The van der Waals surface area contributed by atoms with Crippen LogP contribution in [0.4, 0.5) is 5.69 Å². The number of piperazine rings is 1. The Labute approximate surface area is 125 Å². The highest BCUT2D eigenvalue weighted by Crippen LogP contribution is 2.17. The minimum absolute atomic E-state index is 0.103. The molecule has 6 heteroatoms. The molecule has 1 aromatic rings. The van der Waals surface area contributed by atoms with E-state index in [-0.39, 0.29) is 11.8 Å². The molecule has 2 rings (SSSR count). The highest BCUT2D eigenvalue weighted by Gasteiger charge is 2.32. The van der Waals surface area contributed by atoms with Crippen LogP contribution in [0, 0.1) is 0 Å². The van der Waals surface area contributed by atoms with Crippen LogP contribution in [-0.4, -0.2) is 63.5 Å². The van der Waals surface area contributed by atoms with E-state index in [1.165, 1.54) is 0 Å². The summed E-state index contributed by atoms with van der Waals surface area (Å²) < 4.78 is 0. The zero-order valence-corrected chi connectivity index (χ0v) is 12.7. The van der Waals surface area contributed by atoms with E-state index in [1.807, 2.05) is 37.2 Å². The van der Waals surface area contributed by atoms with Gasteiger partial charge in [-0.2, -0.15) is 0 Å². The van der Waals surface area contributed by atoms with Crippen LogP contribution in [0.2, 0.25) is 0 Å². The van der Waals surface area contributed by atoms with Crippen molar-refractivity contribution in [3.8, 4) is 0 Å². The van der Waals surface area contributed by atoms with Gasteiger partial charge in [0.25, 0.3) is 5.91 Å². The van der Waals surface area contributed by atoms with Gasteiger partial charge in [-0.1, -0.05) is 6.07 Å². The van der Waals surface area contributed by atoms with Gasteiger partial charge in [-0.05, 0) is 18.2 Å². The minimum atomic E-state index is -0.459. The van der Waals surface area contributed by atoms with Crippen molar-refractivity contribution >= 4 is 17.5 Å². The minimum Gasteiger partial charge on any atom is -0.378 e. The second-order valence-electron chi connectivity index (χ2n) is 5.28. The van der Waals surface area contributed by atoms with Crippen LogP contribution in [0.5, 0.6) is 0 Å². The van der Waals surface area contributed by atoms with Crippen LogP contribution in [0.3, 0.4) is 0 Å². The molecule has 0 aliphatic carbocycles. The molecule has 2 N–H and O–H groups in total. The number of carbonyl (C=O) groups excluding carboxylic acids is 2. The van der Waals surface area contributed by atoms with Gasteiger partial charge in [0.1, 0.15) is 6.04 Å². The lowest BCUT2D eigenvalue weighted by molar-refractivity contribution is -0.125. The molecular weight excluding hydrogens is 268 g/mol. The lowest BCUT2D eigenvalue weighted by Crippen LogP contribution is -2.59. The van der Waals surface area contributed by atoms with Crippen molar-refractivity contribution in [2.75, 3.05) is 45.7 Å². The molecule has 1 heterocycles. The summed E-state index contributed by atoms with van der Waals surface area (Å²) in [5, 5.41) is 5.77. The predicted molar refractivity (Wildman–Crippen MR) is 82.5 cm³/mol. The molecule has 0 aromatic heterocycles. The lowest BCUT2D eigenvalue weighted by atomic mass is 10.1. The van der Waals surface area contributed by atoms with E-state index in [0.717, 1.165) is 5.69 Å². The Morgan fingerprint density at radius 1 is 1.38 bits per heavy atom. The first-order chi connectivity index (χ1) is 10.0. The number of anilines is 1. The number of amides is 2. The Bertz CT molecular complexity index is 530. The van der Waals surface area contributed by atoms with Gasteiger partial charge in [-0.3, -0.25) is 9.59 Å². The third-order valence-corrected chi connectivity index (χ3v) is 3.66. The largest absolute Gasteiger partial charge is 0.378 e. The molecule has 0 spiro atoms. The molecule has 1 aliphatic rings. The Hall–Kier alpha value is -2.08.